The van der Waals surface area contributed by atoms with E-state index in [0.717, 1.165) is 11.1 Å². The van der Waals surface area contributed by atoms with Gasteiger partial charge in [0.2, 0.25) is 0 Å². The Morgan fingerprint density at radius 1 is 1.00 bits per heavy atom. The largest absolute Gasteiger partial charge is 0.309 e. The first-order valence-electron chi connectivity index (χ1n) is 7.37. The van der Waals surface area contributed by atoms with E-state index < -0.39 is 0 Å². The average molecular weight is 285 g/mol. The number of hydrogen-bond acceptors (Lipinski definition) is 1. The molecular weight excluding hydrogens is 261 g/mol. The summed E-state index contributed by atoms with van der Waals surface area (Å²) in [6, 6.07) is 13.4. The van der Waals surface area contributed by atoms with Crippen LogP contribution in [-0.4, -0.2) is 7.05 Å². The fourth-order valence-electron chi connectivity index (χ4n) is 2.83. The Hall–Kier alpha value is -1.67. The van der Waals surface area contributed by atoms with Crippen LogP contribution in [0.1, 0.15) is 49.1 Å². The molecule has 2 aromatic carbocycles. The molecule has 21 heavy (non-hydrogen) atoms. The van der Waals surface area contributed by atoms with Crippen molar-refractivity contribution in [2.75, 3.05) is 7.05 Å². The lowest BCUT2D eigenvalue weighted by Crippen LogP contribution is -2.24. The van der Waals surface area contributed by atoms with Crippen LogP contribution in [0, 0.1) is 12.7 Å². The second-order valence-electron chi connectivity index (χ2n) is 6.56. The second-order valence-corrected chi connectivity index (χ2v) is 6.56. The Morgan fingerprint density at radius 3 is 2.29 bits per heavy atom. The molecule has 0 aliphatic carbocycles. The monoisotopic (exact) mass is 285 g/mol. The zero-order chi connectivity index (χ0) is 15.6. The van der Waals surface area contributed by atoms with Crippen LogP contribution in [0.4, 0.5) is 4.39 Å². The molecule has 112 valence electrons. The maximum Gasteiger partial charge on any atom is 0.123 e. The molecule has 2 rings (SSSR count). The summed E-state index contributed by atoms with van der Waals surface area (Å²) in [7, 11) is 1.93. The topological polar surface area (TPSA) is 12.0 Å². The van der Waals surface area contributed by atoms with Gasteiger partial charge in [-0.05, 0) is 53.8 Å². The molecule has 0 fully saturated rings. The van der Waals surface area contributed by atoms with Crippen LogP contribution in [-0.2, 0) is 5.41 Å². The van der Waals surface area contributed by atoms with E-state index in [0.29, 0.717) is 0 Å². The van der Waals surface area contributed by atoms with Crippen molar-refractivity contribution in [3.63, 3.8) is 0 Å². The Labute approximate surface area is 127 Å². The van der Waals surface area contributed by atoms with Gasteiger partial charge in [0.05, 0.1) is 6.04 Å². The molecule has 0 radical (unpaired) electrons. The van der Waals surface area contributed by atoms with Crippen molar-refractivity contribution < 1.29 is 4.39 Å². The van der Waals surface area contributed by atoms with E-state index in [9.17, 15) is 4.39 Å². The quantitative estimate of drug-likeness (QED) is 0.859. The molecule has 0 bridgehead atoms. The molecule has 0 spiro atoms. The summed E-state index contributed by atoms with van der Waals surface area (Å²) in [5.41, 5.74) is 4.63. The van der Waals surface area contributed by atoms with E-state index in [1.54, 1.807) is 6.07 Å². The number of aryl methyl sites for hydroxylation is 1. The molecular formula is C19H24FN. The highest BCUT2D eigenvalue weighted by Crippen LogP contribution is 2.33. The van der Waals surface area contributed by atoms with Crippen molar-refractivity contribution in [3.05, 3.63) is 70.5 Å². The summed E-state index contributed by atoms with van der Waals surface area (Å²) >= 11 is 0. The van der Waals surface area contributed by atoms with Crippen molar-refractivity contribution in [2.45, 2.75) is 39.2 Å². The molecule has 1 N–H and O–H groups in total. The third kappa shape index (κ3) is 3.33. The van der Waals surface area contributed by atoms with Crippen molar-refractivity contribution in [3.8, 4) is 0 Å². The lowest BCUT2D eigenvalue weighted by Gasteiger charge is -2.28. The molecule has 2 heteroatoms. The molecule has 0 aliphatic rings. The molecule has 0 aromatic heterocycles. The van der Waals surface area contributed by atoms with Gasteiger partial charge >= 0.3 is 0 Å². The van der Waals surface area contributed by atoms with Crippen LogP contribution in [0.2, 0.25) is 0 Å². The highest BCUT2D eigenvalue weighted by atomic mass is 19.1. The van der Waals surface area contributed by atoms with Gasteiger partial charge in [0, 0.05) is 0 Å². The first-order chi connectivity index (χ1) is 9.84. The third-order valence-corrected chi connectivity index (χ3v) is 3.92. The number of halogens is 1. The SMILES string of the molecule is CNC(c1cc(F)ccc1C)c1ccccc1C(C)(C)C. The molecule has 2 aromatic rings. The minimum Gasteiger partial charge on any atom is -0.309 e. The summed E-state index contributed by atoms with van der Waals surface area (Å²) < 4.78 is 13.7. The second kappa shape index (κ2) is 5.98. The Balaban J connectivity index is 2.60. The van der Waals surface area contributed by atoms with Crippen LogP contribution >= 0.6 is 0 Å². The lowest BCUT2D eigenvalue weighted by atomic mass is 9.80. The van der Waals surface area contributed by atoms with Crippen LogP contribution in [0.15, 0.2) is 42.5 Å². The van der Waals surface area contributed by atoms with Gasteiger partial charge in [0.15, 0.2) is 0 Å². The highest BCUT2D eigenvalue weighted by molar-refractivity contribution is 5.43. The standard InChI is InChI=1S/C19H24FN/c1-13-10-11-14(20)12-16(13)18(21-5)15-8-6-7-9-17(15)19(2,3)4/h6-12,18,21H,1-5H3. The summed E-state index contributed by atoms with van der Waals surface area (Å²) in [4.78, 5) is 0. The Morgan fingerprint density at radius 2 is 1.67 bits per heavy atom. The minimum absolute atomic E-state index is 0.00359. The van der Waals surface area contributed by atoms with Gasteiger partial charge in [0.25, 0.3) is 0 Å². The van der Waals surface area contributed by atoms with Crippen LogP contribution in [0.25, 0.3) is 0 Å². The molecule has 1 nitrogen and oxygen atoms in total. The summed E-state index contributed by atoms with van der Waals surface area (Å²) in [5.74, 6) is -0.191. The fourth-order valence-corrected chi connectivity index (χ4v) is 2.83. The number of benzene rings is 2. The zero-order valence-electron chi connectivity index (χ0n) is 13.5. The van der Waals surface area contributed by atoms with Gasteiger partial charge in [-0.2, -0.15) is 0 Å². The van der Waals surface area contributed by atoms with Crippen LogP contribution in [0.3, 0.4) is 0 Å². The number of hydrogen-bond donors (Lipinski definition) is 1. The Kier molecular flexibility index (Phi) is 4.48. The van der Waals surface area contributed by atoms with Crippen molar-refractivity contribution in [1.29, 1.82) is 0 Å². The van der Waals surface area contributed by atoms with E-state index >= 15 is 0 Å². The molecule has 0 saturated carbocycles. The summed E-state index contributed by atoms with van der Waals surface area (Å²) in [5, 5.41) is 3.35. The average Bonchev–Trinajstić information content (AvgIpc) is 2.43. The predicted molar refractivity (Wildman–Crippen MR) is 87.2 cm³/mol. The molecule has 0 saturated heterocycles. The zero-order valence-corrected chi connectivity index (χ0v) is 13.5. The smallest absolute Gasteiger partial charge is 0.123 e. The first kappa shape index (κ1) is 15.7. The first-order valence-corrected chi connectivity index (χ1v) is 7.37. The maximum atomic E-state index is 13.7. The highest BCUT2D eigenvalue weighted by Gasteiger charge is 2.23. The van der Waals surface area contributed by atoms with Gasteiger partial charge in [0.1, 0.15) is 5.82 Å². The van der Waals surface area contributed by atoms with E-state index in [1.807, 2.05) is 26.1 Å². The molecule has 1 atom stereocenters. The number of nitrogens with one attached hydrogen (secondary N) is 1. The maximum absolute atomic E-state index is 13.7. The van der Waals surface area contributed by atoms with Crippen molar-refractivity contribution in [2.24, 2.45) is 0 Å². The third-order valence-electron chi connectivity index (χ3n) is 3.92. The van der Waals surface area contributed by atoms with Crippen molar-refractivity contribution in [1.82, 2.24) is 5.32 Å². The van der Waals surface area contributed by atoms with Crippen LogP contribution < -0.4 is 5.32 Å². The van der Waals surface area contributed by atoms with Gasteiger partial charge in [-0.25, -0.2) is 4.39 Å². The molecule has 0 heterocycles. The minimum atomic E-state index is -0.191. The van der Waals surface area contributed by atoms with E-state index in [4.69, 9.17) is 0 Å². The van der Waals surface area contributed by atoms with Gasteiger partial charge < -0.3 is 5.32 Å². The van der Waals surface area contributed by atoms with E-state index in [1.165, 1.54) is 17.2 Å². The predicted octanol–water partition coefficient (Wildman–Crippen LogP) is 4.74. The molecule has 0 amide bonds. The van der Waals surface area contributed by atoms with Crippen LogP contribution in [0.5, 0.6) is 0 Å². The van der Waals surface area contributed by atoms with Gasteiger partial charge in [-0.3, -0.25) is 0 Å². The van der Waals surface area contributed by atoms with Gasteiger partial charge in [-0.15, -0.1) is 0 Å². The number of rotatable bonds is 3. The summed E-state index contributed by atoms with van der Waals surface area (Å²) in [6.07, 6.45) is 0. The van der Waals surface area contributed by atoms with Gasteiger partial charge in [-0.1, -0.05) is 51.1 Å². The fraction of sp³-hybridized carbons (Fsp3) is 0.368. The molecule has 0 aliphatic heterocycles. The van der Waals surface area contributed by atoms with E-state index in [-0.39, 0.29) is 17.3 Å². The van der Waals surface area contributed by atoms with E-state index in [2.05, 4.69) is 44.3 Å². The van der Waals surface area contributed by atoms with Crippen molar-refractivity contribution >= 4 is 0 Å². The Bertz CT molecular complexity index is 626. The normalized spacial score (nSPS) is 13.2. The lowest BCUT2D eigenvalue weighted by molar-refractivity contribution is 0.564. The molecule has 1 unspecified atom stereocenters. The summed E-state index contributed by atoms with van der Waals surface area (Å²) in [6.45, 7) is 8.64.